The van der Waals surface area contributed by atoms with Crippen molar-refractivity contribution in [3.05, 3.63) is 12.7 Å². The van der Waals surface area contributed by atoms with Crippen molar-refractivity contribution >= 4 is 17.0 Å². The molecule has 0 bridgehead atoms. The molecule has 2 rings (SSSR count). The van der Waals surface area contributed by atoms with Crippen molar-refractivity contribution in [2.75, 3.05) is 11.9 Å². The summed E-state index contributed by atoms with van der Waals surface area (Å²) in [5.41, 5.74) is 1.44. The molecule has 0 fully saturated rings. The van der Waals surface area contributed by atoms with E-state index in [2.05, 4.69) is 25.3 Å². The van der Waals surface area contributed by atoms with Crippen LogP contribution in [0.4, 0.5) is 5.82 Å². The molecule has 0 saturated carbocycles. The van der Waals surface area contributed by atoms with Gasteiger partial charge in [-0.15, -0.1) is 0 Å². The number of nitrogens with one attached hydrogen (secondary N) is 2. The van der Waals surface area contributed by atoms with Crippen LogP contribution in [0.15, 0.2) is 12.7 Å². The Hall–Kier alpha value is -1.69. The molecular formula is C9H13N5O. The smallest absolute Gasteiger partial charge is 0.182 e. The molecule has 0 aromatic carbocycles. The van der Waals surface area contributed by atoms with E-state index in [1.807, 2.05) is 6.92 Å². The normalized spacial score (nSPS) is 12.9. The molecular weight excluding hydrogens is 194 g/mol. The summed E-state index contributed by atoms with van der Waals surface area (Å²) < 4.78 is 0. The zero-order valence-corrected chi connectivity index (χ0v) is 8.44. The van der Waals surface area contributed by atoms with Gasteiger partial charge in [-0.3, -0.25) is 0 Å². The molecule has 6 heteroatoms. The van der Waals surface area contributed by atoms with E-state index >= 15 is 0 Å². The third kappa shape index (κ3) is 2.04. The summed E-state index contributed by atoms with van der Waals surface area (Å²) >= 11 is 0. The number of anilines is 1. The van der Waals surface area contributed by atoms with Gasteiger partial charge in [0.25, 0.3) is 0 Å². The van der Waals surface area contributed by atoms with Gasteiger partial charge in [-0.1, -0.05) is 0 Å². The van der Waals surface area contributed by atoms with Gasteiger partial charge in [0, 0.05) is 12.6 Å². The molecule has 0 amide bonds. The van der Waals surface area contributed by atoms with E-state index in [0.29, 0.717) is 12.1 Å². The van der Waals surface area contributed by atoms with Crippen molar-refractivity contribution in [2.24, 2.45) is 0 Å². The van der Waals surface area contributed by atoms with E-state index in [1.54, 1.807) is 6.33 Å². The average Bonchev–Trinajstić information content (AvgIpc) is 2.67. The lowest BCUT2D eigenvalue weighted by atomic mass is 10.2. The Morgan fingerprint density at radius 3 is 3.13 bits per heavy atom. The van der Waals surface area contributed by atoms with E-state index in [0.717, 1.165) is 11.3 Å². The second-order valence-corrected chi connectivity index (χ2v) is 3.38. The molecule has 0 aliphatic carbocycles. The van der Waals surface area contributed by atoms with Crippen LogP contribution in [0.5, 0.6) is 0 Å². The summed E-state index contributed by atoms with van der Waals surface area (Å²) in [6.45, 7) is 2.14. The molecule has 2 aromatic rings. The summed E-state index contributed by atoms with van der Waals surface area (Å²) in [4.78, 5) is 15.1. The highest BCUT2D eigenvalue weighted by Crippen LogP contribution is 2.15. The lowest BCUT2D eigenvalue weighted by Gasteiger charge is -2.12. The minimum atomic E-state index is 0.158. The molecule has 0 radical (unpaired) electrons. The van der Waals surface area contributed by atoms with Gasteiger partial charge in [0.15, 0.2) is 11.5 Å². The number of imidazole rings is 1. The third-order valence-corrected chi connectivity index (χ3v) is 2.17. The van der Waals surface area contributed by atoms with Crippen molar-refractivity contribution in [1.82, 2.24) is 19.9 Å². The first-order chi connectivity index (χ1) is 7.31. The van der Waals surface area contributed by atoms with Crippen molar-refractivity contribution in [3.63, 3.8) is 0 Å². The molecule has 1 atom stereocenters. The van der Waals surface area contributed by atoms with Crippen LogP contribution in [0, 0.1) is 0 Å². The first-order valence-corrected chi connectivity index (χ1v) is 4.82. The molecule has 3 N–H and O–H groups in total. The van der Waals surface area contributed by atoms with Gasteiger partial charge in [-0.25, -0.2) is 15.0 Å². The maximum Gasteiger partial charge on any atom is 0.182 e. The Balaban J connectivity index is 2.23. The predicted octanol–water partition coefficient (Wildman–Crippen LogP) is 0.536. The average molecular weight is 207 g/mol. The second-order valence-electron chi connectivity index (χ2n) is 3.38. The maximum atomic E-state index is 8.80. The summed E-state index contributed by atoms with van der Waals surface area (Å²) in [6, 6.07) is 0.163. The van der Waals surface area contributed by atoms with Crippen LogP contribution in [0.25, 0.3) is 11.2 Å². The van der Waals surface area contributed by atoms with E-state index < -0.39 is 0 Å². The summed E-state index contributed by atoms with van der Waals surface area (Å²) in [6.07, 6.45) is 3.73. The van der Waals surface area contributed by atoms with Crippen LogP contribution < -0.4 is 5.32 Å². The van der Waals surface area contributed by atoms with Gasteiger partial charge in [0.1, 0.15) is 11.8 Å². The van der Waals surface area contributed by atoms with Gasteiger partial charge in [-0.2, -0.15) is 0 Å². The van der Waals surface area contributed by atoms with Crippen molar-refractivity contribution in [2.45, 2.75) is 19.4 Å². The van der Waals surface area contributed by atoms with E-state index in [4.69, 9.17) is 5.11 Å². The first-order valence-electron chi connectivity index (χ1n) is 4.82. The number of aliphatic hydroxyl groups is 1. The molecule has 2 heterocycles. The number of hydrogen-bond donors (Lipinski definition) is 3. The van der Waals surface area contributed by atoms with Crippen molar-refractivity contribution < 1.29 is 5.11 Å². The molecule has 2 aromatic heterocycles. The molecule has 0 aliphatic rings. The van der Waals surface area contributed by atoms with Crippen molar-refractivity contribution in [1.29, 1.82) is 0 Å². The Kier molecular flexibility index (Phi) is 2.77. The number of nitrogens with zero attached hydrogens (tertiary/aromatic N) is 3. The zero-order chi connectivity index (χ0) is 10.7. The van der Waals surface area contributed by atoms with Gasteiger partial charge < -0.3 is 15.4 Å². The van der Waals surface area contributed by atoms with Crippen LogP contribution in [-0.2, 0) is 0 Å². The van der Waals surface area contributed by atoms with Crippen molar-refractivity contribution in [3.8, 4) is 0 Å². The summed E-state index contributed by atoms with van der Waals surface area (Å²) in [5.74, 6) is 0.721. The number of H-pyrrole nitrogens is 1. The molecule has 1 unspecified atom stereocenters. The fraction of sp³-hybridized carbons (Fsp3) is 0.444. The van der Waals surface area contributed by atoms with E-state index in [-0.39, 0.29) is 12.6 Å². The van der Waals surface area contributed by atoms with Gasteiger partial charge in [0.05, 0.1) is 6.33 Å². The van der Waals surface area contributed by atoms with E-state index in [1.165, 1.54) is 6.33 Å². The fourth-order valence-corrected chi connectivity index (χ4v) is 1.37. The number of aromatic nitrogens is 4. The second kappa shape index (κ2) is 4.22. The number of hydrogen-bond acceptors (Lipinski definition) is 5. The standard InChI is InChI=1S/C9H13N5O/c1-6(2-3-15)14-9-7-8(11-4-10-7)12-5-13-9/h4-6,15H,2-3H2,1H3,(H2,10,11,12,13,14). The van der Waals surface area contributed by atoms with Gasteiger partial charge in [0.2, 0.25) is 0 Å². The SMILES string of the molecule is CC(CCO)Nc1ncnc2nc[nH]c12. The maximum absolute atomic E-state index is 8.80. The quantitative estimate of drug-likeness (QED) is 0.681. The molecule has 80 valence electrons. The third-order valence-electron chi connectivity index (χ3n) is 2.17. The van der Waals surface area contributed by atoms with E-state index in [9.17, 15) is 0 Å². The summed E-state index contributed by atoms with van der Waals surface area (Å²) in [5, 5.41) is 12.0. The zero-order valence-electron chi connectivity index (χ0n) is 8.44. The minimum Gasteiger partial charge on any atom is -0.396 e. The highest BCUT2D eigenvalue weighted by molar-refractivity contribution is 5.81. The molecule has 6 nitrogen and oxygen atoms in total. The molecule has 0 saturated heterocycles. The van der Waals surface area contributed by atoms with Crippen LogP contribution in [-0.4, -0.2) is 37.7 Å². The monoisotopic (exact) mass is 207 g/mol. The number of aliphatic hydroxyl groups excluding tert-OH is 1. The lowest BCUT2D eigenvalue weighted by molar-refractivity contribution is 0.282. The molecule has 15 heavy (non-hydrogen) atoms. The molecule has 0 spiro atoms. The fourth-order valence-electron chi connectivity index (χ4n) is 1.37. The first kappa shape index (κ1) is 9.85. The predicted molar refractivity (Wildman–Crippen MR) is 56.5 cm³/mol. The van der Waals surface area contributed by atoms with Gasteiger partial charge >= 0.3 is 0 Å². The highest BCUT2D eigenvalue weighted by atomic mass is 16.3. The molecule has 0 aliphatic heterocycles. The Bertz CT molecular complexity index is 441. The number of fused-ring (bicyclic) bond motifs is 1. The highest BCUT2D eigenvalue weighted by Gasteiger charge is 2.08. The lowest BCUT2D eigenvalue weighted by Crippen LogP contribution is -2.17. The number of aromatic amines is 1. The van der Waals surface area contributed by atoms with Crippen LogP contribution in [0.2, 0.25) is 0 Å². The topological polar surface area (TPSA) is 86.7 Å². The largest absolute Gasteiger partial charge is 0.396 e. The Morgan fingerprint density at radius 1 is 1.47 bits per heavy atom. The Labute approximate surface area is 86.8 Å². The van der Waals surface area contributed by atoms with Gasteiger partial charge in [-0.05, 0) is 13.3 Å². The van der Waals surface area contributed by atoms with Crippen LogP contribution >= 0.6 is 0 Å². The summed E-state index contributed by atoms with van der Waals surface area (Å²) in [7, 11) is 0. The Morgan fingerprint density at radius 2 is 2.33 bits per heavy atom. The number of rotatable bonds is 4. The minimum absolute atomic E-state index is 0.158. The van der Waals surface area contributed by atoms with Crippen LogP contribution in [0.1, 0.15) is 13.3 Å². The van der Waals surface area contributed by atoms with Crippen LogP contribution in [0.3, 0.4) is 0 Å².